The monoisotopic (exact) mass is 334 g/mol. The lowest BCUT2D eigenvalue weighted by Crippen LogP contribution is -2.02. The number of benzene rings is 1. The molecule has 0 aliphatic carbocycles. The van der Waals surface area contributed by atoms with E-state index in [0.29, 0.717) is 12.5 Å². The summed E-state index contributed by atoms with van der Waals surface area (Å²) in [4.78, 5) is 4.39. The van der Waals surface area contributed by atoms with E-state index in [1.165, 1.54) is 28.8 Å². The molecular formula is C18H20ClFN2O. The van der Waals surface area contributed by atoms with Gasteiger partial charge in [-0.3, -0.25) is 0 Å². The quantitative estimate of drug-likeness (QED) is 0.684. The summed E-state index contributed by atoms with van der Waals surface area (Å²) in [6, 6.07) is 8.36. The fourth-order valence-corrected chi connectivity index (χ4v) is 2.80. The van der Waals surface area contributed by atoms with Crippen molar-refractivity contribution in [1.29, 1.82) is 0 Å². The second-order valence-electron chi connectivity index (χ2n) is 5.38. The number of aromatic nitrogens is 2. The van der Waals surface area contributed by atoms with Crippen LogP contribution in [0.15, 0.2) is 36.5 Å². The highest BCUT2D eigenvalue weighted by molar-refractivity contribution is 5.88. The van der Waals surface area contributed by atoms with Crippen LogP contribution < -0.4 is 4.74 Å². The van der Waals surface area contributed by atoms with Crippen LogP contribution >= 0.6 is 12.4 Å². The Balaban J connectivity index is 0.00000192. The van der Waals surface area contributed by atoms with Crippen molar-refractivity contribution in [3.05, 3.63) is 59.2 Å². The predicted octanol–water partition coefficient (Wildman–Crippen LogP) is 4.81. The zero-order valence-electron chi connectivity index (χ0n) is 13.5. The second-order valence-corrected chi connectivity index (χ2v) is 5.38. The van der Waals surface area contributed by atoms with E-state index in [0.717, 1.165) is 17.6 Å². The van der Waals surface area contributed by atoms with Gasteiger partial charge >= 0.3 is 0 Å². The molecule has 0 N–H and O–H groups in total. The summed E-state index contributed by atoms with van der Waals surface area (Å²) in [6.45, 7) is 7.59. The van der Waals surface area contributed by atoms with Crippen molar-refractivity contribution in [3.8, 4) is 5.88 Å². The standard InChI is InChI=1S/C18H19FN2O.ClH/c1-4-21-13(3)12(2)16-9-10-20-18(17(16)21)22-11-14-5-7-15(19)8-6-14;/h5-10H,4,11H2,1-3H3;1H. The van der Waals surface area contributed by atoms with Crippen LogP contribution in [0.2, 0.25) is 0 Å². The van der Waals surface area contributed by atoms with E-state index in [-0.39, 0.29) is 18.2 Å². The van der Waals surface area contributed by atoms with Gasteiger partial charge in [0, 0.05) is 23.8 Å². The predicted molar refractivity (Wildman–Crippen MR) is 92.9 cm³/mol. The average molecular weight is 335 g/mol. The van der Waals surface area contributed by atoms with E-state index in [1.54, 1.807) is 18.3 Å². The fraction of sp³-hybridized carbons (Fsp3) is 0.278. The Kier molecular flexibility index (Phi) is 5.26. The van der Waals surface area contributed by atoms with Gasteiger partial charge < -0.3 is 9.30 Å². The third-order valence-corrected chi connectivity index (χ3v) is 4.12. The average Bonchev–Trinajstić information content (AvgIpc) is 2.79. The molecule has 0 aliphatic heterocycles. The number of halogens is 2. The molecule has 2 heterocycles. The van der Waals surface area contributed by atoms with Gasteiger partial charge in [0.15, 0.2) is 0 Å². The van der Waals surface area contributed by atoms with Gasteiger partial charge in [-0.2, -0.15) is 0 Å². The molecule has 0 saturated heterocycles. The zero-order valence-corrected chi connectivity index (χ0v) is 14.3. The molecule has 1 aromatic carbocycles. The number of pyridine rings is 1. The van der Waals surface area contributed by atoms with Crippen molar-refractivity contribution in [3.63, 3.8) is 0 Å². The van der Waals surface area contributed by atoms with E-state index >= 15 is 0 Å². The summed E-state index contributed by atoms with van der Waals surface area (Å²) >= 11 is 0. The van der Waals surface area contributed by atoms with E-state index in [4.69, 9.17) is 4.74 Å². The van der Waals surface area contributed by atoms with Crippen LogP contribution in [0.3, 0.4) is 0 Å². The Bertz CT molecular complexity index is 812. The van der Waals surface area contributed by atoms with Crippen LogP contribution in [0.4, 0.5) is 4.39 Å². The fourth-order valence-electron chi connectivity index (χ4n) is 2.80. The number of hydrogen-bond acceptors (Lipinski definition) is 2. The van der Waals surface area contributed by atoms with Crippen molar-refractivity contribution in [2.45, 2.75) is 33.9 Å². The molecule has 3 nitrogen and oxygen atoms in total. The first-order valence-corrected chi connectivity index (χ1v) is 7.43. The van der Waals surface area contributed by atoms with Gasteiger partial charge in [-0.15, -0.1) is 12.4 Å². The third-order valence-electron chi connectivity index (χ3n) is 4.12. The highest BCUT2D eigenvalue weighted by Crippen LogP contribution is 2.31. The molecule has 0 atom stereocenters. The van der Waals surface area contributed by atoms with Crippen LogP contribution in [0.25, 0.3) is 10.9 Å². The minimum atomic E-state index is -0.241. The molecule has 0 unspecified atom stereocenters. The highest BCUT2D eigenvalue weighted by Gasteiger charge is 2.15. The minimum absolute atomic E-state index is 0. The maximum Gasteiger partial charge on any atom is 0.238 e. The van der Waals surface area contributed by atoms with E-state index in [2.05, 4.69) is 30.3 Å². The maximum absolute atomic E-state index is 12.9. The Morgan fingerprint density at radius 1 is 1.13 bits per heavy atom. The Labute approximate surface area is 141 Å². The molecule has 122 valence electrons. The van der Waals surface area contributed by atoms with Crippen LogP contribution in [0, 0.1) is 19.7 Å². The third kappa shape index (κ3) is 3.17. The minimum Gasteiger partial charge on any atom is -0.471 e. The number of hydrogen-bond donors (Lipinski definition) is 0. The van der Waals surface area contributed by atoms with Crippen LogP contribution in [0.1, 0.15) is 23.7 Å². The van der Waals surface area contributed by atoms with Gasteiger partial charge in [0.25, 0.3) is 0 Å². The van der Waals surface area contributed by atoms with Crippen molar-refractivity contribution < 1.29 is 9.13 Å². The number of rotatable bonds is 4. The summed E-state index contributed by atoms with van der Waals surface area (Å²) in [5, 5.41) is 1.17. The summed E-state index contributed by atoms with van der Waals surface area (Å²) in [7, 11) is 0. The normalized spacial score (nSPS) is 10.6. The summed E-state index contributed by atoms with van der Waals surface area (Å²) < 4.78 is 21.1. The van der Waals surface area contributed by atoms with Gasteiger partial charge in [-0.1, -0.05) is 12.1 Å². The summed E-state index contributed by atoms with van der Waals surface area (Å²) in [5.41, 5.74) is 4.44. The second kappa shape index (κ2) is 7.01. The number of nitrogens with zero attached hydrogens (tertiary/aromatic N) is 2. The van der Waals surface area contributed by atoms with Crippen molar-refractivity contribution in [1.82, 2.24) is 9.55 Å². The first-order valence-electron chi connectivity index (χ1n) is 7.43. The smallest absolute Gasteiger partial charge is 0.238 e. The van der Waals surface area contributed by atoms with E-state index < -0.39 is 0 Å². The summed E-state index contributed by atoms with van der Waals surface area (Å²) in [5.74, 6) is 0.384. The molecular weight excluding hydrogens is 315 g/mol. The highest BCUT2D eigenvalue weighted by atomic mass is 35.5. The molecule has 0 fully saturated rings. The first kappa shape index (κ1) is 17.3. The molecule has 2 aromatic heterocycles. The van der Waals surface area contributed by atoms with Gasteiger partial charge in [-0.25, -0.2) is 9.37 Å². The molecule has 0 bridgehead atoms. The lowest BCUT2D eigenvalue weighted by atomic mass is 10.2. The molecule has 0 amide bonds. The van der Waals surface area contributed by atoms with Gasteiger partial charge in [0.05, 0.1) is 0 Å². The van der Waals surface area contributed by atoms with Crippen LogP contribution in [-0.2, 0) is 13.2 Å². The lowest BCUT2D eigenvalue weighted by Gasteiger charge is -2.10. The SMILES string of the molecule is CCn1c(C)c(C)c2ccnc(OCc3ccc(F)cc3)c21.Cl. The van der Waals surface area contributed by atoms with Crippen LogP contribution in [0.5, 0.6) is 5.88 Å². The van der Waals surface area contributed by atoms with E-state index in [1.807, 2.05) is 6.07 Å². The molecule has 5 heteroatoms. The van der Waals surface area contributed by atoms with Crippen LogP contribution in [-0.4, -0.2) is 9.55 Å². The summed E-state index contributed by atoms with van der Waals surface area (Å²) in [6.07, 6.45) is 1.77. The molecule has 3 aromatic rings. The Morgan fingerprint density at radius 2 is 1.83 bits per heavy atom. The molecule has 0 aliphatic rings. The molecule has 0 radical (unpaired) electrons. The molecule has 3 rings (SSSR count). The van der Waals surface area contributed by atoms with Crippen molar-refractivity contribution >= 4 is 23.3 Å². The van der Waals surface area contributed by atoms with Gasteiger partial charge in [-0.05, 0) is 50.1 Å². The zero-order chi connectivity index (χ0) is 15.7. The van der Waals surface area contributed by atoms with Crippen molar-refractivity contribution in [2.24, 2.45) is 0 Å². The number of ether oxygens (including phenoxy) is 1. The topological polar surface area (TPSA) is 27.1 Å². The number of aryl methyl sites for hydroxylation is 2. The number of fused-ring (bicyclic) bond motifs is 1. The molecule has 23 heavy (non-hydrogen) atoms. The van der Waals surface area contributed by atoms with E-state index in [9.17, 15) is 4.39 Å². The Morgan fingerprint density at radius 3 is 2.48 bits per heavy atom. The van der Waals surface area contributed by atoms with Gasteiger partial charge in [0.2, 0.25) is 5.88 Å². The first-order chi connectivity index (χ1) is 10.6. The largest absolute Gasteiger partial charge is 0.471 e. The molecule has 0 spiro atoms. The Hall–Kier alpha value is -2.07. The maximum atomic E-state index is 12.9. The lowest BCUT2D eigenvalue weighted by molar-refractivity contribution is 0.296. The molecule has 0 saturated carbocycles. The van der Waals surface area contributed by atoms with Gasteiger partial charge in [0.1, 0.15) is 17.9 Å². The van der Waals surface area contributed by atoms with Crippen molar-refractivity contribution in [2.75, 3.05) is 0 Å².